The minimum absolute atomic E-state index is 0.119. The van der Waals surface area contributed by atoms with Gasteiger partial charge in [-0.3, -0.25) is 24.1 Å². The zero-order valence-electron chi connectivity index (χ0n) is 27.6. The molecule has 2 heterocycles. The smallest absolute Gasteiger partial charge is 0.490 e. The number of β-lactam (4-membered cyclic amide) rings is 1. The number of hydrogen-bond acceptors (Lipinski definition) is 9. The molecule has 14 heteroatoms. The summed E-state index contributed by atoms with van der Waals surface area (Å²) in [7, 11) is 0. The molecule has 258 valence electrons. The van der Waals surface area contributed by atoms with Gasteiger partial charge < -0.3 is 29.6 Å². The van der Waals surface area contributed by atoms with Crippen LogP contribution in [0.3, 0.4) is 0 Å². The zero-order chi connectivity index (χ0) is 36.2. The summed E-state index contributed by atoms with van der Waals surface area (Å²) in [5.41, 5.74) is 9.89. The predicted octanol–water partition coefficient (Wildman–Crippen LogP) is 3.51. The van der Waals surface area contributed by atoms with Gasteiger partial charge >= 0.3 is 23.0 Å². The van der Waals surface area contributed by atoms with Crippen molar-refractivity contribution in [2.75, 3.05) is 6.79 Å². The minimum Gasteiger partial charge on any atom is -0.604 e. The quantitative estimate of drug-likeness (QED) is 0.0629. The molecule has 0 radical (unpaired) electrons. The van der Waals surface area contributed by atoms with E-state index in [2.05, 4.69) is 10.1 Å². The van der Waals surface area contributed by atoms with Crippen molar-refractivity contribution in [3.63, 3.8) is 0 Å². The van der Waals surface area contributed by atoms with Crippen LogP contribution in [0.1, 0.15) is 56.4 Å². The van der Waals surface area contributed by atoms with Gasteiger partial charge in [0.2, 0.25) is 18.1 Å². The lowest BCUT2D eigenvalue weighted by atomic mass is 9.95. The van der Waals surface area contributed by atoms with E-state index in [0.29, 0.717) is 11.1 Å². The average Bonchev–Trinajstić information content (AvgIpc) is 3.10. The van der Waals surface area contributed by atoms with Gasteiger partial charge in [-0.25, -0.2) is 4.79 Å². The lowest BCUT2D eigenvalue weighted by Gasteiger charge is -2.47. The average molecular weight is 699 g/mol. The molecule has 3 aromatic rings. The van der Waals surface area contributed by atoms with Crippen LogP contribution in [0.2, 0.25) is 0 Å². The number of ether oxygens (including phenoxy) is 3. The van der Waals surface area contributed by atoms with Gasteiger partial charge in [0.1, 0.15) is 11.3 Å². The highest BCUT2D eigenvalue weighted by Gasteiger charge is 2.66. The van der Waals surface area contributed by atoms with Crippen LogP contribution in [0.5, 0.6) is 0 Å². The number of nitrogens with one attached hydrogen (secondary N) is 1. The third-order valence-corrected chi connectivity index (χ3v) is 9.70. The predicted molar refractivity (Wildman–Crippen MR) is 179 cm³/mol. The van der Waals surface area contributed by atoms with E-state index >= 15 is 0 Å². The SMILES string of the molecule is CC1=C(C(=O)OCOC(=O)C(C)(C)C)N2C(=O)C(NC(=O)C(C(=O)OC(c3ccccc3)c3ccccc3)c3ccccc3)[C@H]2[S+]([O-])C1=[N+]=[N-]. The van der Waals surface area contributed by atoms with E-state index in [1.165, 1.54) is 6.92 Å². The van der Waals surface area contributed by atoms with Crippen LogP contribution in [-0.4, -0.2) is 67.2 Å². The Labute approximate surface area is 291 Å². The Bertz CT molecular complexity index is 1830. The van der Waals surface area contributed by atoms with E-state index in [0.717, 1.165) is 4.90 Å². The highest BCUT2D eigenvalue weighted by atomic mass is 32.2. The largest absolute Gasteiger partial charge is 0.604 e. The van der Waals surface area contributed by atoms with Crippen LogP contribution in [0.25, 0.3) is 5.53 Å². The van der Waals surface area contributed by atoms with Crippen LogP contribution < -0.4 is 5.32 Å². The molecule has 0 spiro atoms. The van der Waals surface area contributed by atoms with E-state index in [1.54, 1.807) is 99.6 Å². The first-order chi connectivity index (χ1) is 23.8. The molecule has 0 saturated carbocycles. The van der Waals surface area contributed by atoms with Crippen LogP contribution in [-0.2, 0) is 49.4 Å². The molecule has 0 aliphatic carbocycles. The summed E-state index contributed by atoms with van der Waals surface area (Å²) in [4.78, 5) is 70.7. The number of carbonyl (C=O) groups is 5. The van der Waals surface area contributed by atoms with E-state index in [1.807, 2.05) is 12.1 Å². The summed E-state index contributed by atoms with van der Waals surface area (Å²) < 4.78 is 29.6. The molecule has 50 heavy (non-hydrogen) atoms. The fourth-order valence-electron chi connectivity index (χ4n) is 5.43. The van der Waals surface area contributed by atoms with E-state index in [-0.39, 0.29) is 11.1 Å². The third-order valence-electron chi connectivity index (χ3n) is 8.01. The second-order valence-electron chi connectivity index (χ2n) is 12.5. The molecule has 2 aliphatic rings. The monoisotopic (exact) mass is 698 g/mol. The second-order valence-corrected chi connectivity index (χ2v) is 13.9. The van der Waals surface area contributed by atoms with Crippen molar-refractivity contribution in [1.82, 2.24) is 10.2 Å². The topological polar surface area (TPSA) is 188 Å². The molecule has 5 rings (SSSR count). The molecule has 2 aliphatic heterocycles. The van der Waals surface area contributed by atoms with Gasteiger partial charge in [0, 0.05) is 0 Å². The molecule has 13 nitrogen and oxygen atoms in total. The Balaban J connectivity index is 1.39. The molecule has 1 fully saturated rings. The molecule has 0 bridgehead atoms. The van der Waals surface area contributed by atoms with Gasteiger partial charge in [0.05, 0.1) is 16.6 Å². The van der Waals surface area contributed by atoms with Gasteiger partial charge in [-0.1, -0.05) is 91.0 Å². The van der Waals surface area contributed by atoms with Crippen molar-refractivity contribution in [1.29, 1.82) is 0 Å². The maximum atomic E-state index is 14.0. The highest BCUT2D eigenvalue weighted by Crippen LogP contribution is 2.38. The van der Waals surface area contributed by atoms with Crippen LogP contribution in [0, 0.1) is 5.41 Å². The molecule has 1 N–H and O–H groups in total. The van der Waals surface area contributed by atoms with Crippen LogP contribution in [0.15, 0.2) is 102 Å². The van der Waals surface area contributed by atoms with Crippen molar-refractivity contribution in [2.45, 2.75) is 51.1 Å². The number of hydrogen-bond donors (Lipinski definition) is 1. The fraction of sp³-hybridized carbons (Fsp3) is 0.278. The van der Waals surface area contributed by atoms with E-state index in [9.17, 15) is 34.1 Å². The Morgan fingerprint density at radius 3 is 1.92 bits per heavy atom. The molecule has 2 amide bonds. The number of carbonyl (C=O) groups excluding carboxylic acids is 5. The number of esters is 3. The molecule has 3 unspecified atom stereocenters. The van der Waals surface area contributed by atoms with Crippen LogP contribution in [0.4, 0.5) is 0 Å². The molecular formula is C36H34N4O9S. The number of fused-ring (bicyclic) bond motifs is 1. The van der Waals surface area contributed by atoms with Gasteiger partial charge in [-0.05, 0) is 44.4 Å². The summed E-state index contributed by atoms with van der Waals surface area (Å²) in [5, 5.41) is 0.696. The Kier molecular flexibility index (Phi) is 10.7. The zero-order valence-corrected chi connectivity index (χ0v) is 28.4. The maximum absolute atomic E-state index is 14.0. The Morgan fingerprint density at radius 1 is 0.900 bits per heavy atom. The van der Waals surface area contributed by atoms with Crippen molar-refractivity contribution in [2.24, 2.45) is 5.41 Å². The van der Waals surface area contributed by atoms with Crippen molar-refractivity contribution >= 4 is 45.9 Å². The third kappa shape index (κ3) is 7.22. The van der Waals surface area contributed by atoms with Gasteiger partial charge in [-0.15, -0.1) is 4.79 Å². The maximum Gasteiger partial charge on any atom is 0.490 e. The number of rotatable bonds is 10. The summed E-state index contributed by atoms with van der Waals surface area (Å²) in [5.74, 6) is -6.01. The Morgan fingerprint density at radius 2 is 1.42 bits per heavy atom. The van der Waals surface area contributed by atoms with Gasteiger partial charge in [0.25, 0.3) is 5.91 Å². The summed E-state index contributed by atoms with van der Waals surface area (Å²) in [6.45, 7) is 5.34. The van der Waals surface area contributed by atoms with Gasteiger partial charge in [-0.2, -0.15) is 0 Å². The lowest BCUT2D eigenvalue weighted by Crippen LogP contribution is -2.75. The van der Waals surface area contributed by atoms with Crippen LogP contribution >= 0.6 is 0 Å². The first kappa shape index (κ1) is 35.7. The fourth-order valence-corrected chi connectivity index (χ4v) is 6.97. The van der Waals surface area contributed by atoms with Crippen molar-refractivity contribution in [3.8, 4) is 0 Å². The van der Waals surface area contributed by atoms with Gasteiger partial charge in [0.15, 0.2) is 18.1 Å². The van der Waals surface area contributed by atoms with E-state index < -0.39 is 87.3 Å². The lowest BCUT2D eigenvalue weighted by molar-refractivity contribution is -0.173. The summed E-state index contributed by atoms with van der Waals surface area (Å²) in [6.07, 6.45) is -0.872. The normalized spacial score (nSPS) is 19.1. The first-order valence-electron chi connectivity index (χ1n) is 15.5. The molecular weight excluding hydrogens is 664 g/mol. The van der Waals surface area contributed by atoms with E-state index in [4.69, 9.17) is 14.2 Å². The number of benzene rings is 3. The molecule has 3 aromatic carbocycles. The van der Waals surface area contributed by atoms with Crippen molar-refractivity contribution in [3.05, 3.63) is 124 Å². The summed E-state index contributed by atoms with van der Waals surface area (Å²) in [6, 6.07) is 24.6. The second kappa shape index (κ2) is 14.9. The summed E-state index contributed by atoms with van der Waals surface area (Å²) >= 11 is -2.23. The van der Waals surface area contributed by atoms with Crippen molar-refractivity contribution < 1.29 is 47.5 Å². The molecule has 0 aromatic heterocycles. The minimum atomic E-state index is -2.23. The number of nitrogens with zero attached hydrogens (tertiary/aromatic N) is 3. The molecule has 1 saturated heterocycles. The Hall–Kier alpha value is -5.56. The number of amides is 2. The standard InChI is InChI=1S/C36H34N4O9S/c1-21-27(34(44)47-20-48-35(45)36(2,3)4)40-31(42)26(32(40)50(46)30(21)39-37)38-29(41)25(22-14-8-5-9-15-22)33(43)49-28(23-16-10-6-11-17-23)24-18-12-7-13-19-24/h5-19,25-26,28,32H,20H2,1-4H3,(H,38,41)/t25?,26?,32-,50?/m1/s1. The molecule has 4 atom stereocenters. The highest BCUT2D eigenvalue weighted by molar-refractivity contribution is 8.07. The first-order valence-corrected chi connectivity index (χ1v) is 16.7.